The van der Waals surface area contributed by atoms with E-state index in [0.717, 1.165) is 11.6 Å². The van der Waals surface area contributed by atoms with Crippen molar-refractivity contribution in [3.05, 3.63) is 53.6 Å². The first-order valence-corrected chi connectivity index (χ1v) is 4.89. The van der Waals surface area contributed by atoms with Crippen molar-refractivity contribution in [1.82, 2.24) is 0 Å². The molecule has 0 saturated carbocycles. The Bertz CT molecular complexity index is 515. The molecular formula is C13H11F2N. The van der Waals surface area contributed by atoms with E-state index in [0.29, 0.717) is 16.8 Å². The summed E-state index contributed by atoms with van der Waals surface area (Å²) in [5, 5.41) is 0. The maximum absolute atomic E-state index is 13.1. The molecule has 0 heterocycles. The summed E-state index contributed by atoms with van der Waals surface area (Å²) in [4.78, 5) is 0. The second kappa shape index (κ2) is 3.93. The van der Waals surface area contributed by atoms with Crippen molar-refractivity contribution in [2.45, 2.75) is 6.92 Å². The average molecular weight is 219 g/mol. The van der Waals surface area contributed by atoms with Gasteiger partial charge in [0.25, 0.3) is 0 Å². The molecule has 0 radical (unpaired) electrons. The molecule has 2 aromatic rings. The van der Waals surface area contributed by atoms with Crippen LogP contribution in [-0.4, -0.2) is 0 Å². The normalized spacial score (nSPS) is 10.4. The number of aryl methyl sites for hydroxylation is 1. The van der Waals surface area contributed by atoms with Gasteiger partial charge in [-0.15, -0.1) is 0 Å². The minimum atomic E-state index is -0.601. The Kier molecular flexibility index (Phi) is 2.60. The molecule has 0 aromatic heterocycles. The summed E-state index contributed by atoms with van der Waals surface area (Å²) >= 11 is 0. The van der Waals surface area contributed by atoms with Crippen LogP contribution in [0.2, 0.25) is 0 Å². The lowest BCUT2D eigenvalue weighted by atomic mass is 10.0. The Balaban J connectivity index is 2.62. The maximum Gasteiger partial charge on any atom is 0.126 e. The Morgan fingerprint density at radius 3 is 2.19 bits per heavy atom. The monoisotopic (exact) mass is 219 g/mol. The van der Waals surface area contributed by atoms with Crippen LogP contribution in [-0.2, 0) is 0 Å². The van der Waals surface area contributed by atoms with Crippen LogP contribution in [0.4, 0.5) is 14.5 Å². The van der Waals surface area contributed by atoms with Crippen LogP contribution in [0.3, 0.4) is 0 Å². The molecule has 0 aliphatic carbocycles. The first kappa shape index (κ1) is 10.6. The van der Waals surface area contributed by atoms with E-state index in [1.165, 1.54) is 12.1 Å². The third-order valence-electron chi connectivity index (χ3n) is 2.38. The molecule has 2 aromatic carbocycles. The second-order valence-corrected chi connectivity index (χ2v) is 3.75. The van der Waals surface area contributed by atoms with Crippen LogP contribution in [0.5, 0.6) is 0 Å². The number of halogens is 2. The minimum absolute atomic E-state index is 0.457. The second-order valence-electron chi connectivity index (χ2n) is 3.75. The van der Waals surface area contributed by atoms with E-state index in [2.05, 4.69) is 0 Å². The maximum atomic E-state index is 13.1. The lowest BCUT2D eigenvalue weighted by Gasteiger charge is -2.07. The first-order chi connectivity index (χ1) is 7.56. The van der Waals surface area contributed by atoms with Crippen molar-refractivity contribution in [1.29, 1.82) is 0 Å². The number of benzene rings is 2. The summed E-state index contributed by atoms with van der Waals surface area (Å²) in [7, 11) is 0. The van der Waals surface area contributed by atoms with Gasteiger partial charge in [-0.25, -0.2) is 8.78 Å². The van der Waals surface area contributed by atoms with Crippen LogP contribution >= 0.6 is 0 Å². The van der Waals surface area contributed by atoms with Crippen LogP contribution in [0.1, 0.15) is 5.56 Å². The standard InChI is InChI=1S/C13H11F2N/c1-8-2-3-13(16)12(4-8)9-5-10(14)7-11(15)6-9/h2-7H,16H2,1H3. The summed E-state index contributed by atoms with van der Waals surface area (Å²) in [6.45, 7) is 1.90. The molecule has 2 rings (SSSR count). The molecule has 0 aliphatic rings. The zero-order valence-electron chi connectivity index (χ0n) is 8.80. The van der Waals surface area contributed by atoms with E-state index < -0.39 is 11.6 Å². The van der Waals surface area contributed by atoms with Gasteiger partial charge in [-0.3, -0.25) is 0 Å². The number of nitrogen functional groups attached to an aromatic ring is 1. The molecule has 16 heavy (non-hydrogen) atoms. The quantitative estimate of drug-likeness (QED) is 0.729. The van der Waals surface area contributed by atoms with E-state index in [-0.39, 0.29) is 0 Å². The van der Waals surface area contributed by atoms with E-state index in [1.807, 2.05) is 19.1 Å². The number of hydrogen-bond acceptors (Lipinski definition) is 1. The highest BCUT2D eigenvalue weighted by Crippen LogP contribution is 2.28. The number of nitrogens with two attached hydrogens (primary N) is 1. The van der Waals surface area contributed by atoms with Gasteiger partial charge >= 0.3 is 0 Å². The summed E-state index contributed by atoms with van der Waals surface area (Å²) in [5.74, 6) is -1.20. The highest BCUT2D eigenvalue weighted by atomic mass is 19.1. The molecule has 3 heteroatoms. The van der Waals surface area contributed by atoms with Gasteiger partial charge in [0.2, 0.25) is 0 Å². The molecule has 2 N–H and O–H groups in total. The molecule has 0 spiro atoms. The van der Waals surface area contributed by atoms with Crippen molar-refractivity contribution in [3.8, 4) is 11.1 Å². The van der Waals surface area contributed by atoms with Crippen molar-refractivity contribution in [2.75, 3.05) is 5.73 Å². The lowest BCUT2D eigenvalue weighted by Crippen LogP contribution is -1.92. The molecule has 0 aliphatic heterocycles. The van der Waals surface area contributed by atoms with E-state index in [9.17, 15) is 8.78 Å². The smallest absolute Gasteiger partial charge is 0.126 e. The average Bonchev–Trinajstić information content (AvgIpc) is 2.20. The van der Waals surface area contributed by atoms with Gasteiger partial charge < -0.3 is 5.73 Å². The number of rotatable bonds is 1. The van der Waals surface area contributed by atoms with Gasteiger partial charge in [-0.2, -0.15) is 0 Å². The fourth-order valence-electron chi connectivity index (χ4n) is 1.63. The third kappa shape index (κ3) is 2.03. The highest BCUT2D eigenvalue weighted by molar-refractivity contribution is 5.76. The number of hydrogen-bond donors (Lipinski definition) is 1. The Morgan fingerprint density at radius 1 is 0.938 bits per heavy atom. The van der Waals surface area contributed by atoms with E-state index in [1.54, 1.807) is 6.07 Å². The number of anilines is 1. The lowest BCUT2D eigenvalue weighted by molar-refractivity contribution is 0.584. The molecule has 0 bridgehead atoms. The third-order valence-corrected chi connectivity index (χ3v) is 2.38. The Hall–Kier alpha value is -1.90. The van der Waals surface area contributed by atoms with Gasteiger partial charge in [-0.1, -0.05) is 11.6 Å². The largest absolute Gasteiger partial charge is 0.398 e. The molecule has 0 amide bonds. The van der Waals surface area contributed by atoms with Gasteiger partial charge in [0.15, 0.2) is 0 Å². The molecular weight excluding hydrogens is 208 g/mol. The van der Waals surface area contributed by atoms with Gasteiger partial charge in [-0.05, 0) is 36.8 Å². The Labute approximate surface area is 92.5 Å². The fourth-order valence-corrected chi connectivity index (χ4v) is 1.63. The molecule has 82 valence electrons. The first-order valence-electron chi connectivity index (χ1n) is 4.89. The molecule has 0 atom stereocenters. The summed E-state index contributed by atoms with van der Waals surface area (Å²) < 4.78 is 26.1. The molecule has 1 nitrogen and oxygen atoms in total. The van der Waals surface area contributed by atoms with Crippen LogP contribution in [0, 0.1) is 18.6 Å². The zero-order valence-corrected chi connectivity index (χ0v) is 8.80. The fraction of sp³-hybridized carbons (Fsp3) is 0.0769. The van der Waals surface area contributed by atoms with Gasteiger partial charge in [0.05, 0.1) is 0 Å². The molecule has 0 fully saturated rings. The van der Waals surface area contributed by atoms with E-state index >= 15 is 0 Å². The summed E-state index contributed by atoms with van der Waals surface area (Å²) in [5.41, 5.74) is 8.39. The van der Waals surface area contributed by atoms with Crippen LogP contribution < -0.4 is 5.73 Å². The minimum Gasteiger partial charge on any atom is -0.398 e. The SMILES string of the molecule is Cc1ccc(N)c(-c2cc(F)cc(F)c2)c1. The zero-order chi connectivity index (χ0) is 11.7. The van der Waals surface area contributed by atoms with Crippen molar-refractivity contribution < 1.29 is 8.78 Å². The van der Waals surface area contributed by atoms with E-state index in [4.69, 9.17) is 5.73 Å². The summed E-state index contributed by atoms with van der Waals surface area (Å²) in [6.07, 6.45) is 0. The predicted octanol–water partition coefficient (Wildman–Crippen LogP) is 3.52. The highest BCUT2D eigenvalue weighted by Gasteiger charge is 2.06. The van der Waals surface area contributed by atoms with Crippen LogP contribution in [0.25, 0.3) is 11.1 Å². The molecule has 0 saturated heterocycles. The van der Waals surface area contributed by atoms with Crippen molar-refractivity contribution >= 4 is 5.69 Å². The Morgan fingerprint density at radius 2 is 1.56 bits per heavy atom. The predicted molar refractivity (Wildman–Crippen MR) is 60.9 cm³/mol. The van der Waals surface area contributed by atoms with Crippen LogP contribution in [0.15, 0.2) is 36.4 Å². The van der Waals surface area contributed by atoms with Gasteiger partial charge in [0.1, 0.15) is 11.6 Å². The van der Waals surface area contributed by atoms with Crippen molar-refractivity contribution in [2.24, 2.45) is 0 Å². The molecule has 0 unspecified atom stereocenters. The summed E-state index contributed by atoms with van der Waals surface area (Å²) in [6, 6.07) is 8.78. The topological polar surface area (TPSA) is 26.0 Å². The van der Waals surface area contributed by atoms with Gasteiger partial charge in [0, 0.05) is 17.3 Å². The van der Waals surface area contributed by atoms with Crippen molar-refractivity contribution in [3.63, 3.8) is 0 Å².